The van der Waals surface area contributed by atoms with E-state index in [0.717, 1.165) is 0 Å². The normalized spacial score (nSPS) is 10.7. The summed E-state index contributed by atoms with van der Waals surface area (Å²) in [6.07, 6.45) is 0.492. The Kier molecular flexibility index (Phi) is 4.04. The SMILES string of the molecule is Cc1cc(Nc2nnc(CCCl)o2)c(Cl)cc1F. The van der Waals surface area contributed by atoms with Crippen LogP contribution in [0, 0.1) is 12.7 Å². The number of aromatic nitrogens is 2. The highest BCUT2D eigenvalue weighted by atomic mass is 35.5. The molecule has 0 bridgehead atoms. The molecule has 1 aromatic carbocycles. The van der Waals surface area contributed by atoms with Gasteiger partial charge < -0.3 is 9.73 Å². The first-order valence-electron chi connectivity index (χ1n) is 5.21. The number of aryl methyl sites for hydroxylation is 2. The van der Waals surface area contributed by atoms with E-state index in [9.17, 15) is 4.39 Å². The Balaban J connectivity index is 2.20. The number of anilines is 2. The van der Waals surface area contributed by atoms with Gasteiger partial charge in [0, 0.05) is 12.3 Å². The van der Waals surface area contributed by atoms with Crippen LogP contribution < -0.4 is 5.32 Å². The second kappa shape index (κ2) is 5.54. The smallest absolute Gasteiger partial charge is 0.320 e. The highest BCUT2D eigenvalue weighted by molar-refractivity contribution is 6.33. The number of rotatable bonds is 4. The van der Waals surface area contributed by atoms with Gasteiger partial charge in [-0.1, -0.05) is 16.7 Å². The van der Waals surface area contributed by atoms with Crippen molar-refractivity contribution in [3.63, 3.8) is 0 Å². The number of benzene rings is 1. The average molecular weight is 290 g/mol. The van der Waals surface area contributed by atoms with Crippen molar-refractivity contribution in [3.8, 4) is 0 Å². The first-order valence-corrected chi connectivity index (χ1v) is 6.12. The maximum Gasteiger partial charge on any atom is 0.320 e. The minimum Gasteiger partial charge on any atom is -0.408 e. The quantitative estimate of drug-likeness (QED) is 0.872. The zero-order chi connectivity index (χ0) is 13.1. The van der Waals surface area contributed by atoms with Gasteiger partial charge in [-0.05, 0) is 24.6 Å². The van der Waals surface area contributed by atoms with Crippen LogP contribution in [0.25, 0.3) is 0 Å². The highest BCUT2D eigenvalue weighted by Gasteiger charge is 2.10. The van der Waals surface area contributed by atoms with Crippen molar-refractivity contribution in [2.24, 2.45) is 0 Å². The predicted molar refractivity (Wildman–Crippen MR) is 68.2 cm³/mol. The lowest BCUT2D eigenvalue weighted by Gasteiger charge is -2.06. The number of hydrogen-bond acceptors (Lipinski definition) is 4. The molecule has 18 heavy (non-hydrogen) atoms. The molecule has 0 aliphatic carbocycles. The van der Waals surface area contributed by atoms with Crippen molar-refractivity contribution >= 4 is 34.9 Å². The molecule has 4 nitrogen and oxygen atoms in total. The molecule has 0 amide bonds. The fraction of sp³-hybridized carbons (Fsp3) is 0.273. The van der Waals surface area contributed by atoms with E-state index in [0.29, 0.717) is 29.4 Å². The van der Waals surface area contributed by atoms with E-state index in [1.54, 1.807) is 13.0 Å². The van der Waals surface area contributed by atoms with Crippen LogP contribution in [0.4, 0.5) is 16.1 Å². The van der Waals surface area contributed by atoms with Crippen LogP contribution in [0.15, 0.2) is 16.5 Å². The number of halogens is 3. The predicted octanol–water partition coefficient (Wildman–Crippen LogP) is 3.70. The summed E-state index contributed by atoms with van der Waals surface area (Å²) in [5, 5.41) is 10.7. The monoisotopic (exact) mass is 289 g/mol. The summed E-state index contributed by atoms with van der Waals surface area (Å²) < 4.78 is 18.5. The average Bonchev–Trinajstić information content (AvgIpc) is 2.74. The number of nitrogens with one attached hydrogen (secondary N) is 1. The Hall–Kier alpha value is -1.33. The van der Waals surface area contributed by atoms with Gasteiger partial charge in [0.25, 0.3) is 0 Å². The van der Waals surface area contributed by atoms with Crippen LogP contribution >= 0.6 is 23.2 Å². The Bertz CT molecular complexity index is 559. The Labute approximate surface area is 113 Å². The maximum absolute atomic E-state index is 13.2. The number of hydrogen-bond donors (Lipinski definition) is 1. The third kappa shape index (κ3) is 2.91. The van der Waals surface area contributed by atoms with E-state index in [2.05, 4.69) is 15.5 Å². The Morgan fingerprint density at radius 3 is 2.89 bits per heavy atom. The molecular weight excluding hydrogens is 280 g/mol. The number of nitrogens with zero attached hydrogens (tertiary/aromatic N) is 2. The van der Waals surface area contributed by atoms with Crippen molar-refractivity contribution in [1.82, 2.24) is 10.2 Å². The first kappa shape index (κ1) is 13.1. The van der Waals surface area contributed by atoms with E-state index >= 15 is 0 Å². The van der Waals surface area contributed by atoms with Gasteiger partial charge in [0.1, 0.15) is 5.82 Å². The summed E-state index contributed by atoms with van der Waals surface area (Å²) in [5.74, 6) is 0.472. The van der Waals surface area contributed by atoms with Crippen molar-refractivity contribution in [1.29, 1.82) is 0 Å². The molecule has 7 heteroatoms. The molecule has 0 radical (unpaired) electrons. The van der Waals surface area contributed by atoms with E-state index in [1.807, 2.05) is 0 Å². The minimum absolute atomic E-state index is 0.197. The van der Waals surface area contributed by atoms with Crippen LogP contribution in [0.2, 0.25) is 5.02 Å². The van der Waals surface area contributed by atoms with E-state index in [1.165, 1.54) is 6.07 Å². The summed E-state index contributed by atoms with van der Waals surface area (Å²) in [6, 6.07) is 3.00. The van der Waals surface area contributed by atoms with Crippen molar-refractivity contribution in [2.45, 2.75) is 13.3 Å². The van der Waals surface area contributed by atoms with Crippen molar-refractivity contribution in [3.05, 3.63) is 34.4 Å². The third-order valence-corrected chi connectivity index (χ3v) is 2.77. The highest BCUT2D eigenvalue weighted by Crippen LogP contribution is 2.27. The lowest BCUT2D eigenvalue weighted by atomic mass is 10.2. The Morgan fingerprint density at radius 2 is 2.17 bits per heavy atom. The zero-order valence-corrected chi connectivity index (χ0v) is 11.0. The molecule has 0 saturated heterocycles. The molecule has 1 aromatic heterocycles. The molecule has 2 rings (SSSR count). The maximum atomic E-state index is 13.2. The van der Waals surface area contributed by atoms with Crippen LogP contribution in [-0.2, 0) is 6.42 Å². The van der Waals surface area contributed by atoms with Gasteiger partial charge in [-0.3, -0.25) is 0 Å². The molecule has 0 fully saturated rings. The topological polar surface area (TPSA) is 51.0 Å². The molecule has 1 heterocycles. The van der Waals surface area contributed by atoms with E-state index < -0.39 is 0 Å². The third-order valence-electron chi connectivity index (χ3n) is 2.27. The standard InChI is InChI=1S/C11H10Cl2FN3O/c1-6-4-9(7(13)5-8(6)14)15-11-17-16-10(18-11)2-3-12/h4-5H,2-3H2,1H3,(H,15,17). The van der Waals surface area contributed by atoms with Gasteiger partial charge in [0.05, 0.1) is 10.7 Å². The molecule has 2 aromatic rings. The van der Waals surface area contributed by atoms with Crippen LogP contribution in [0.1, 0.15) is 11.5 Å². The minimum atomic E-state index is -0.362. The van der Waals surface area contributed by atoms with Gasteiger partial charge >= 0.3 is 6.01 Å². The second-order valence-electron chi connectivity index (χ2n) is 3.65. The molecule has 0 atom stereocenters. The molecular formula is C11H10Cl2FN3O. The van der Waals surface area contributed by atoms with E-state index in [4.69, 9.17) is 27.6 Å². The summed E-state index contributed by atoms with van der Waals surface area (Å²) in [4.78, 5) is 0. The van der Waals surface area contributed by atoms with E-state index in [-0.39, 0.29) is 16.9 Å². The van der Waals surface area contributed by atoms with Crippen LogP contribution in [0.5, 0.6) is 0 Å². The lowest BCUT2D eigenvalue weighted by molar-refractivity contribution is 0.516. The molecule has 0 unspecified atom stereocenters. The van der Waals surface area contributed by atoms with Crippen LogP contribution in [-0.4, -0.2) is 16.1 Å². The summed E-state index contributed by atoms with van der Waals surface area (Å²) in [5.41, 5.74) is 0.985. The molecule has 96 valence electrons. The molecule has 0 aliphatic rings. The number of alkyl halides is 1. The fourth-order valence-electron chi connectivity index (χ4n) is 1.35. The summed E-state index contributed by atoms with van der Waals surface area (Å²) in [6.45, 7) is 1.64. The lowest BCUT2D eigenvalue weighted by Crippen LogP contribution is -1.94. The van der Waals surface area contributed by atoms with Crippen molar-refractivity contribution < 1.29 is 8.81 Å². The largest absolute Gasteiger partial charge is 0.408 e. The van der Waals surface area contributed by atoms with Gasteiger partial charge in [-0.2, -0.15) is 0 Å². The second-order valence-corrected chi connectivity index (χ2v) is 4.43. The molecule has 0 spiro atoms. The fourth-order valence-corrected chi connectivity index (χ4v) is 1.71. The van der Waals surface area contributed by atoms with Crippen LogP contribution in [0.3, 0.4) is 0 Å². The molecule has 1 N–H and O–H groups in total. The van der Waals surface area contributed by atoms with Gasteiger partial charge in [-0.25, -0.2) is 4.39 Å². The van der Waals surface area contributed by atoms with Gasteiger partial charge in [0.2, 0.25) is 5.89 Å². The first-order chi connectivity index (χ1) is 8.60. The van der Waals surface area contributed by atoms with Crippen molar-refractivity contribution in [2.75, 3.05) is 11.2 Å². The molecule has 0 aliphatic heterocycles. The summed E-state index contributed by atoms with van der Waals surface area (Å²) >= 11 is 11.5. The van der Waals surface area contributed by atoms with Gasteiger partial charge in [-0.15, -0.1) is 16.7 Å². The Morgan fingerprint density at radius 1 is 1.39 bits per heavy atom. The summed E-state index contributed by atoms with van der Waals surface area (Å²) in [7, 11) is 0. The molecule has 0 saturated carbocycles. The zero-order valence-electron chi connectivity index (χ0n) is 9.51. The van der Waals surface area contributed by atoms with Gasteiger partial charge in [0.15, 0.2) is 0 Å².